The average molecular weight is 363 g/mol. The van der Waals surface area contributed by atoms with Crippen molar-refractivity contribution in [2.75, 3.05) is 31.1 Å². The van der Waals surface area contributed by atoms with Gasteiger partial charge in [-0.1, -0.05) is 18.2 Å². The molecule has 0 bridgehead atoms. The molecule has 1 heterocycles. The first-order chi connectivity index (χ1) is 12.4. The zero-order valence-corrected chi connectivity index (χ0v) is 14.2. The summed E-state index contributed by atoms with van der Waals surface area (Å²) < 4.78 is 38.6. The maximum atomic E-state index is 12.9. The zero-order valence-electron chi connectivity index (χ0n) is 14.2. The van der Waals surface area contributed by atoms with Gasteiger partial charge in [0, 0.05) is 44.0 Å². The number of halogens is 3. The second kappa shape index (κ2) is 7.37. The largest absolute Gasteiger partial charge is 0.416 e. The van der Waals surface area contributed by atoms with E-state index in [0.717, 1.165) is 17.7 Å². The molecule has 1 fully saturated rings. The summed E-state index contributed by atoms with van der Waals surface area (Å²) in [5, 5.41) is 0. The van der Waals surface area contributed by atoms with E-state index in [9.17, 15) is 18.0 Å². The van der Waals surface area contributed by atoms with E-state index in [1.165, 1.54) is 6.07 Å². The Morgan fingerprint density at radius 3 is 2.23 bits per heavy atom. The monoisotopic (exact) mass is 363 g/mol. The number of nitrogens with two attached hydrogens (primary N) is 1. The van der Waals surface area contributed by atoms with Crippen molar-refractivity contribution in [3.63, 3.8) is 0 Å². The van der Waals surface area contributed by atoms with Crippen LogP contribution < -0.4 is 10.6 Å². The summed E-state index contributed by atoms with van der Waals surface area (Å²) in [4.78, 5) is 16.2. The number of anilines is 1. The fraction of sp³-hybridized carbons (Fsp3) is 0.316. The first-order valence-electron chi connectivity index (χ1n) is 8.39. The highest BCUT2D eigenvalue weighted by atomic mass is 19.4. The fourth-order valence-electron chi connectivity index (χ4n) is 3.01. The van der Waals surface area contributed by atoms with Crippen LogP contribution in [0.15, 0.2) is 48.5 Å². The third-order valence-corrected chi connectivity index (χ3v) is 4.54. The van der Waals surface area contributed by atoms with Crippen LogP contribution in [-0.4, -0.2) is 37.0 Å². The number of nitrogens with zero attached hydrogens (tertiary/aromatic N) is 2. The van der Waals surface area contributed by atoms with Gasteiger partial charge in [0.2, 0.25) is 0 Å². The average Bonchev–Trinajstić information content (AvgIpc) is 2.67. The molecule has 0 spiro atoms. The van der Waals surface area contributed by atoms with Crippen molar-refractivity contribution < 1.29 is 18.0 Å². The van der Waals surface area contributed by atoms with Gasteiger partial charge in [0.15, 0.2) is 0 Å². The standard InChI is InChI=1S/C19H20F3N3O/c20-19(21,22)16-2-1-3-17(12-16)24-8-10-25(11-9-24)18(26)15-6-4-14(13-23)5-7-15/h1-7,12H,8-11,13,23H2. The van der Waals surface area contributed by atoms with Crippen LogP contribution >= 0.6 is 0 Å². The number of carbonyl (C=O) groups excluding carboxylic acids is 1. The second-order valence-electron chi connectivity index (χ2n) is 6.23. The van der Waals surface area contributed by atoms with Crippen LogP contribution in [0.5, 0.6) is 0 Å². The van der Waals surface area contributed by atoms with Gasteiger partial charge >= 0.3 is 6.18 Å². The molecule has 0 aromatic heterocycles. The van der Waals surface area contributed by atoms with Gasteiger partial charge in [-0.15, -0.1) is 0 Å². The molecule has 0 aliphatic carbocycles. The number of piperazine rings is 1. The Hall–Kier alpha value is -2.54. The minimum atomic E-state index is -4.36. The molecule has 2 N–H and O–H groups in total. The number of alkyl halides is 3. The normalized spacial score (nSPS) is 15.2. The highest BCUT2D eigenvalue weighted by Crippen LogP contribution is 2.31. The second-order valence-corrected chi connectivity index (χ2v) is 6.23. The van der Waals surface area contributed by atoms with Crippen LogP contribution in [0.3, 0.4) is 0 Å². The molecule has 2 aromatic rings. The molecule has 0 saturated carbocycles. The summed E-state index contributed by atoms with van der Waals surface area (Å²) in [7, 11) is 0. The quantitative estimate of drug-likeness (QED) is 0.912. The summed E-state index contributed by atoms with van der Waals surface area (Å²) in [5.41, 5.74) is 6.97. The molecular weight excluding hydrogens is 343 g/mol. The molecule has 7 heteroatoms. The van der Waals surface area contributed by atoms with Gasteiger partial charge in [-0.3, -0.25) is 4.79 Å². The Morgan fingerprint density at radius 1 is 1.00 bits per heavy atom. The highest BCUT2D eigenvalue weighted by molar-refractivity contribution is 5.94. The predicted molar refractivity (Wildman–Crippen MR) is 93.9 cm³/mol. The lowest BCUT2D eigenvalue weighted by molar-refractivity contribution is -0.137. The molecule has 2 aromatic carbocycles. The van der Waals surface area contributed by atoms with Crippen molar-refractivity contribution in [1.82, 2.24) is 4.90 Å². The first-order valence-corrected chi connectivity index (χ1v) is 8.39. The maximum absolute atomic E-state index is 12.9. The van der Waals surface area contributed by atoms with E-state index in [-0.39, 0.29) is 5.91 Å². The predicted octanol–water partition coefficient (Wildman–Crippen LogP) is 3.13. The van der Waals surface area contributed by atoms with E-state index in [4.69, 9.17) is 5.73 Å². The van der Waals surface area contributed by atoms with Gasteiger partial charge in [0.25, 0.3) is 5.91 Å². The minimum absolute atomic E-state index is 0.0720. The van der Waals surface area contributed by atoms with Crippen LogP contribution in [0.25, 0.3) is 0 Å². The summed E-state index contributed by atoms with van der Waals surface area (Å²) in [6.45, 7) is 2.34. The number of benzene rings is 2. The number of hydrogen-bond acceptors (Lipinski definition) is 3. The van der Waals surface area contributed by atoms with Crippen LogP contribution in [0.2, 0.25) is 0 Å². The molecule has 1 amide bonds. The van der Waals surface area contributed by atoms with E-state index < -0.39 is 11.7 Å². The Labute approximate surface area is 150 Å². The summed E-state index contributed by atoms with van der Waals surface area (Å²) >= 11 is 0. The number of rotatable bonds is 3. The van der Waals surface area contributed by atoms with Gasteiger partial charge in [-0.05, 0) is 35.9 Å². The molecule has 0 atom stereocenters. The molecular formula is C19H20F3N3O. The van der Waals surface area contributed by atoms with Gasteiger partial charge in [-0.2, -0.15) is 13.2 Å². The van der Waals surface area contributed by atoms with E-state index in [2.05, 4.69) is 0 Å². The Kier molecular flexibility index (Phi) is 5.18. The SMILES string of the molecule is NCc1ccc(C(=O)N2CCN(c3cccc(C(F)(F)F)c3)CC2)cc1. The van der Waals surface area contributed by atoms with Gasteiger partial charge in [0.1, 0.15) is 0 Å². The third-order valence-electron chi connectivity index (χ3n) is 4.54. The molecule has 1 aliphatic heterocycles. The lowest BCUT2D eigenvalue weighted by Crippen LogP contribution is -2.48. The molecule has 138 valence electrons. The lowest BCUT2D eigenvalue weighted by Gasteiger charge is -2.36. The maximum Gasteiger partial charge on any atom is 0.416 e. The molecule has 0 radical (unpaired) electrons. The number of amides is 1. The van der Waals surface area contributed by atoms with E-state index in [0.29, 0.717) is 44.0 Å². The topological polar surface area (TPSA) is 49.6 Å². The summed E-state index contributed by atoms with van der Waals surface area (Å²) in [5.74, 6) is -0.0720. The first kappa shape index (κ1) is 18.3. The van der Waals surface area contributed by atoms with Gasteiger partial charge in [-0.25, -0.2) is 0 Å². The van der Waals surface area contributed by atoms with Crippen LogP contribution in [0, 0.1) is 0 Å². The van der Waals surface area contributed by atoms with E-state index in [1.54, 1.807) is 23.1 Å². The van der Waals surface area contributed by atoms with E-state index in [1.807, 2.05) is 17.0 Å². The summed E-state index contributed by atoms with van der Waals surface area (Å²) in [6.07, 6.45) is -4.36. The van der Waals surface area contributed by atoms with Crippen LogP contribution in [0.4, 0.5) is 18.9 Å². The van der Waals surface area contributed by atoms with Crippen molar-refractivity contribution in [1.29, 1.82) is 0 Å². The van der Waals surface area contributed by atoms with Crippen LogP contribution in [0.1, 0.15) is 21.5 Å². The molecule has 3 rings (SSSR count). The Balaban J connectivity index is 1.64. The lowest BCUT2D eigenvalue weighted by atomic mass is 10.1. The molecule has 1 aliphatic rings. The Bertz CT molecular complexity index is 766. The number of carbonyl (C=O) groups is 1. The third kappa shape index (κ3) is 3.99. The minimum Gasteiger partial charge on any atom is -0.368 e. The van der Waals surface area contributed by atoms with Crippen molar-refractivity contribution in [2.45, 2.75) is 12.7 Å². The zero-order chi connectivity index (χ0) is 18.7. The van der Waals surface area contributed by atoms with Crippen molar-refractivity contribution in [2.24, 2.45) is 5.73 Å². The van der Waals surface area contributed by atoms with Crippen LogP contribution in [-0.2, 0) is 12.7 Å². The summed E-state index contributed by atoms with van der Waals surface area (Å²) in [6, 6.07) is 12.5. The molecule has 0 unspecified atom stereocenters. The van der Waals surface area contributed by atoms with Gasteiger partial charge < -0.3 is 15.5 Å². The van der Waals surface area contributed by atoms with Crippen molar-refractivity contribution in [3.05, 3.63) is 65.2 Å². The van der Waals surface area contributed by atoms with Gasteiger partial charge in [0.05, 0.1) is 5.56 Å². The smallest absolute Gasteiger partial charge is 0.368 e. The highest BCUT2D eigenvalue weighted by Gasteiger charge is 2.31. The number of hydrogen-bond donors (Lipinski definition) is 1. The fourth-order valence-corrected chi connectivity index (χ4v) is 3.01. The molecule has 26 heavy (non-hydrogen) atoms. The van der Waals surface area contributed by atoms with Crippen molar-refractivity contribution >= 4 is 11.6 Å². The molecule has 1 saturated heterocycles. The molecule has 4 nitrogen and oxygen atoms in total. The van der Waals surface area contributed by atoms with E-state index >= 15 is 0 Å². The van der Waals surface area contributed by atoms with Crippen molar-refractivity contribution in [3.8, 4) is 0 Å². The Morgan fingerprint density at radius 2 is 1.65 bits per heavy atom.